The van der Waals surface area contributed by atoms with Crippen LogP contribution in [0.4, 0.5) is 0 Å². The van der Waals surface area contributed by atoms with Crippen molar-refractivity contribution < 1.29 is 0 Å². The average Bonchev–Trinajstić information content (AvgIpc) is 3.60. The van der Waals surface area contributed by atoms with Crippen LogP contribution in [0.5, 0.6) is 0 Å². The number of benzene rings is 6. The first-order valence-corrected chi connectivity index (χ1v) is 15.7. The summed E-state index contributed by atoms with van der Waals surface area (Å²) in [5.74, 6) is 0. The first-order chi connectivity index (χ1) is 21.8. The van der Waals surface area contributed by atoms with Gasteiger partial charge in [-0.25, -0.2) is 0 Å². The molecule has 2 heteroatoms. The van der Waals surface area contributed by atoms with Crippen molar-refractivity contribution in [1.82, 2.24) is 9.13 Å². The van der Waals surface area contributed by atoms with Crippen LogP contribution in [-0.4, -0.2) is 9.13 Å². The minimum atomic E-state index is 1.12. The molecule has 1 aliphatic carbocycles. The summed E-state index contributed by atoms with van der Waals surface area (Å²) in [7, 11) is 0. The summed E-state index contributed by atoms with van der Waals surface area (Å²) in [6, 6.07) is 53.3. The maximum atomic E-state index is 2.55. The SMILES string of the molecule is c1ccc(-c2ccc(-n3c4c(c5cc6c(cc53)c3ccccc3n6-c3ccc(-c5ccccc5)cc3)CCCC4)cc2)cc1. The van der Waals surface area contributed by atoms with E-state index in [0.29, 0.717) is 0 Å². The fourth-order valence-corrected chi connectivity index (χ4v) is 7.44. The third-order valence-electron chi connectivity index (χ3n) is 9.53. The van der Waals surface area contributed by atoms with Crippen LogP contribution in [0, 0.1) is 0 Å². The van der Waals surface area contributed by atoms with Crippen molar-refractivity contribution in [2.75, 3.05) is 0 Å². The standard InChI is InChI=1S/C42H32N2/c1-3-11-29(12-4-1)31-19-23-33(24-20-31)43-39-17-9-7-15-35(39)37-28-42-38(27-41(37)43)36-16-8-10-18-40(36)44(42)34-25-21-32(22-26-34)30-13-5-2-6-14-30/h1-7,9,11-15,17,19-28H,8,10,16,18H2. The van der Waals surface area contributed by atoms with E-state index in [1.807, 2.05) is 0 Å². The van der Waals surface area contributed by atoms with Crippen LogP contribution in [-0.2, 0) is 12.8 Å². The number of aromatic nitrogens is 2. The summed E-state index contributed by atoms with van der Waals surface area (Å²) in [5, 5.41) is 3.99. The molecule has 210 valence electrons. The van der Waals surface area contributed by atoms with Crippen molar-refractivity contribution in [1.29, 1.82) is 0 Å². The molecule has 0 amide bonds. The van der Waals surface area contributed by atoms with Crippen LogP contribution < -0.4 is 0 Å². The number of aryl methyl sites for hydroxylation is 1. The van der Waals surface area contributed by atoms with Gasteiger partial charge in [-0.2, -0.15) is 0 Å². The Balaban J connectivity index is 1.26. The second-order valence-corrected chi connectivity index (χ2v) is 12.0. The van der Waals surface area contributed by atoms with E-state index < -0.39 is 0 Å². The molecule has 6 aromatic carbocycles. The van der Waals surface area contributed by atoms with Crippen molar-refractivity contribution >= 4 is 32.7 Å². The highest BCUT2D eigenvalue weighted by Crippen LogP contribution is 2.41. The molecule has 0 bridgehead atoms. The molecule has 2 aromatic heterocycles. The van der Waals surface area contributed by atoms with Crippen LogP contribution in [0.1, 0.15) is 24.1 Å². The van der Waals surface area contributed by atoms with Gasteiger partial charge in [0.2, 0.25) is 0 Å². The fourth-order valence-electron chi connectivity index (χ4n) is 7.44. The van der Waals surface area contributed by atoms with Gasteiger partial charge in [-0.15, -0.1) is 0 Å². The molecule has 1 aliphatic rings. The third kappa shape index (κ3) is 3.95. The Morgan fingerprint density at radius 3 is 1.52 bits per heavy atom. The van der Waals surface area contributed by atoms with E-state index in [1.165, 1.54) is 90.4 Å². The molecule has 0 atom stereocenters. The van der Waals surface area contributed by atoms with E-state index in [0.717, 1.165) is 12.8 Å². The Kier molecular flexibility index (Phi) is 5.80. The highest BCUT2D eigenvalue weighted by atomic mass is 15.0. The van der Waals surface area contributed by atoms with Crippen LogP contribution in [0.15, 0.2) is 146 Å². The van der Waals surface area contributed by atoms with Crippen molar-refractivity contribution in [3.05, 3.63) is 157 Å². The first-order valence-electron chi connectivity index (χ1n) is 15.7. The molecule has 2 nitrogen and oxygen atoms in total. The van der Waals surface area contributed by atoms with Gasteiger partial charge in [0.25, 0.3) is 0 Å². The molecule has 0 radical (unpaired) electrons. The number of hydrogen-bond donors (Lipinski definition) is 0. The van der Waals surface area contributed by atoms with Gasteiger partial charge in [-0.3, -0.25) is 0 Å². The van der Waals surface area contributed by atoms with Crippen molar-refractivity contribution in [3.8, 4) is 33.6 Å². The number of nitrogens with zero attached hydrogens (tertiary/aromatic N) is 2. The predicted octanol–water partition coefficient (Wildman–Crippen LogP) is 10.9. The normalized spacial score (nSPS) is 13.1. The molecule has 9 rings (SSSR count). The fraction of sp³-hybridized carbons (Fsp3) is 0.0952. The summed E-state index contributed by atoms with van der Waals surface area (Å²) in [6.07, 6.45) is 4.75. The Morgan fingerprint density at radius 2 is 0.864 bits per heavy atom. The van der Waals surface area contributed by atoms with E-state index in [1.54, 1.807) is 0 Å². The van der Waals surface area contributed by atoms with Gasteiger partial charge in [0.15, 0.2) is 0 Å². The smallest absolute Gasteiger partial charge is 0.0548 e. The molecule has 44 heavy (non-hydrogen) atoms. The van der Waals surface area contributed by atoms with Crippen LogP contribution >= 0.6 is 0 Å². The minimum absolute atomic E-state index is 1.12. The van der Waals surface area contributed by atoms with E-state index in [9.17, 15) is 0 Å². The molecule has 8 aromatic rings. The maximum Gasteiger partial charge on any atom is 0.0548 e. The Bertz CT molecular complexity index is 2290. The summed E-state index contributed by atoms with van der Waals surface area (Å²) in [6.45, 7) is 0. The first kappa shape index (κ1) is 25.2. The summed E-state index contributed by atoms with van der Waals surface area (Å²) >= 11 is 0. The lowest BCUT2D eigenvalue weighted by Gasteiger charge is -2.16. The zero-order valence-electron chi connectivity index (χ0n) is 24.6. The van der Waals surface area contributed by atoms with Crippen molar-refractivity contribution in [2.45, 2.75) is 25.7 Å². The molecule has 0 saturated heterocycles. The molecule has 0 saturated carbocycles. The highest BCUT2D eigenvalue weighted by molar-refractivity contribution is 6.14. The Morgan fingerprint density at radius 1 is 0.364 bits per heavy atom. The molecule has 0 unspecified atom stereocenters. The molecule has 0 N–H and O–H groups in total. The van der Waals surface area contributed by atoms with E-state index in [-0.39, 0.29) is 0 Å². The third-order valence-corrected chi connectivity index (χ3v) is 9.53. The predicted molar refractivity (Wildman–Crippen MR) is 185 cm³/mol. The van der Waals surface area contributed by atoms with Crippen LogP contribution in [0.2, 0.25) is 0 Å². The summed E-state index contributed by atoms with van der Waals surface area (Å²) < 4.78 is 5.01. The van der Waals surface area contributed by atoms with E-state index >= 15 is 0 Å². The van der Waals surface area contributed by atoms with Crippen molar-refractivity contribution in [3.63, 3.8) is 0 Å². The molecule has 0 spiro atoms. The second kappa shape index (κ2) is 10.1. The Labute approximate surface area is 257 Å². The minimum Gasteiger partial charge on any atom is -0.313 e. The van der Waals surface area contributed by atoms with Gasteiger partial charge in [-0.05, 0) is 96.0 Å². The number of hydrogen-bond acceptors (Lipinski definition) is 0. The second-order valence-electron chi connectivity index (χ2n) is 12.0. The van der Waals surface area contributed by atoms with Gasteiger partial charge in [-0.1, -0.05) is 103 Å². The lowest BCUT2D eigenvalue weighted by Crippen LogP contribution is -2.06. The average molecular weight is 565 g/mol. The van der Waals surface area contributed by atoms with Gasteiger partial charge in [0.1, 0.15) is 0 Å². The summed E-state index contributed by atoms with van der Waals surface area (Å²) in [5.41, 5.74) is 14.3. The molecule has 0 fully saturated rings. The highest BCUT2D eigenvalue weighted by Gasteiger charge is 2.23. The quantitative estimate of drug-likeness (QED) is 0.201. The number of fused-ring (bicyclic) bond motifs is 6. The van der Waals surface area contributed by atoms with Gasteiger partial charge >= 0.3 is 0 Å². The molecular weight excluding hydrogens is 532 g/mol. The van der Waals surface area contributed by atoms with Crippen LogP contribution in [0.3, 0.4) is 0 Å². The van der Waals surface area contributed by atoms with Gasteiger partial charge < -0.3 is 9.13 Å². The zero-order chi connectivity index (χ0) is 29.0. The zero-order valence-corrected chi connectivity index (χ0v) is 24.6. The van der Waals surface area contributed by atoms with Gasteiger partial charge in [0, 0.05) is 33.2 Å². The number of rotatable bonds is 4. The lowest BCUT2D eigenvalue weighted by molar-refractivity contribution is 0.667. The Hall–Kier alpha value is -5.34. The van der Waals surface area contributed by atoms with Gasteiger partial charge in [0.05, 0.1) is 16.6 Å². The van der Waals surface area contributed by atoms with Crippen molar-refractivity contribution in [2.24, 2.45) is 0 Å². The lowest BCUT2D eigenvalue weighted by atomic mass is 9.95. The molecule has 2 heterocycles. The topological polar surface area (TPSA) is 9.86 Å². The summed E-state index contributed by atoms with van der Waals surface area (Å²) in [4.78, 5) is 0. The van der Waals surface area contributed by atoms with E-state index in [4.69, 9.17) is 0 Å². The molecular formula is C42H32N2. The molecule has 0 aliphatic heterocycles. The monoisotopic (exact) mass is 564 g/mol. The largest absolute Gasteiger partial charge is 0.313 e. The number of para-hydroxylation sites is 1. The van der Waals surface area contributed by atoms with Crippen LogP contribution in [0.25, 0.3) is 66.3 Å². The maximum absolute atomic E-state index is 2.55. The van der Waals surface area contributed by atoms with E-state index in [2.05, 4.69) is 155 Å².